The van der Waals surface area contributed by atoms with E-state index in [0.29, 0.717) is 0 Å². The van der Waals surface area contributed by atoms with Crippen molar-refractivity contribution in [2.45, 2.75) is 18.9 Å². The topological polar surface area (TPSA) is 60.2 Å². The number of hydrogen-bond donors (Lipinski definition) is 2. The van der Waals surface area contributed by atoms with Crippen LogP contribution in [0.1, 0.15) is 24.4 Å². The Bertz CT molecular complexity index is 604. The molecule has 0 radical (unpaired) electrons. The molecule has 3 N–H and O–H groups in total. The van der Waals surface area contributed by atoms with Gasteiger partial charge in [-0.2, -0.15) is 0 Å². The number of pyridine rings is 1. The number of nitrogens with zero attached hydrogens (tertiary/aromatic N) is 1. The minimum Gasteiger partial charge on any atom is -0.501 e. The highest BCUT2D eigenvalue weighted by molar-refractivity contribution is 5.82. The van der Waals surface area contributed by atoms with Gasteiger partial charge < -0.3 is 4.74 Å². The second-order valence-corrected chi connectivity index (χ2v) is 4.68. The summed E-state index contributed by atoms with van der Waals surface area (Å²) in [7, 11) is 0. The van der Waals surface area contributed by atoms with Crippen molar-refractivity contribution in [2.75, 3.05) is 6.61 Å². The summed E-state index contributed by atoms with van der Waals surface area (Å²) < 4.78 is 5.43. The summed E-state index contributed by atoms with van der Waals surface area (Å²) in [5.74, 6) is 5.76. The van der Waals surface area contributed by atoms with Crippen molar-refractivity contribution in [3.63, 3.8) is 0 Å². The maximum Gasteiger partial charge on any atom is 0.0876 e. The van der Waals surface area contributed by atoms with Crippen molar-refractivity contribution in [1.29, 1.82) is 0 Å². The number of rotatable bonds is 3. The van der Waals surface area contributed by atoms with Gasteiger partial charge in [0.15, 0.2) is 0 Å². The van der Waals surface area contributed by atoms with Crippen molar-refractivity contribution in [1.82, 2.24) is 10.4 Å². The fraction of sp³-hybridized carbons (Fsp3) is 0.267. The number of nitrogens with one attached hydrogen (secondary N) is 1. The first-order chi connectivity index (χ1) is 9.40. The normalized spacial score (nSPS) is 16.8. The van der Waals surface area contributed by atoms with E-state index in [1.165, 1.54) is 5.57 Å². The van der Waals surface area contributed by atoms with Crippen molar-refractivity contribution in [3.05, 3.63) is 53.9 Å². The average Bonchev–Trinajstić information content (AvgIpc) is 2.49. The van der Waals surface area contributed by atoms with Crippen LogP contribution >= 0.6 is 0 Å². The van der Waals surface area contributed by atoms with Crippen LogP contribution in [0.2, 0.25) is 0 Å². The number of fused-ring (bicyclic) bond motifs is 1. The lowest BCUT2D eigenvalue weighted by Crippen LogP contribution is -2.30. The largest absolute Gasteiger partial charge is 0.501 e. The molecule has 98 valence electrons. The molecule has 1 aromatic carbocycles. The van der Waals surface area contributed by atoms with Crippen LogP contribution < -0.4 is 11.3 Å². The van der Waals surface area contributed by atoms with Gasteiger partial charge in [0.1, 0.15) is 0 Å². The summed E-state index contributed by atoms with van der Waals surface area (Å²) in [5.41, 5.74) is 6.22. The fourth-order valence-corrected chi connectivity index (χ4v) is 2.56. The zero-order chi connectivity index (χ0) is 13.1. The van der Waals surface area contributed by atoms with Gasteiger partial charge in [-0.05, 0) is 36.1 Å². The molecule has 0 bridgehead atoms. The molecule has 1 aliphatic rings. The molecule has 0 saturated heterocycles. The minimum atomic E-state index is -0.0202. The number of aromatic nitrogens is 1. The molecule has 4 nitrogen and oxygen atoms in total. The summed E-state index contributed by atoms with van der Waals surface area (Å²) >= 11 is 0. The standard InChI is InChI=1S/C15H17N3O/c16-18-15(11-4-3-9-19-10-11)13-7-8-17-14-6-2-1-5-12(13)14/h1-2,5-8,10,15,18H,3-4,9,16H2. The van der Waals surface area contributed by atoms with Gasteiger partial charge in [0, 0.05) is 11.6 Å². The van der Waals surface area contributed by atoms with Crippen molar-refractivity contribution in [3.8, 4) is 0 Å². The molecule has 1 atom stereocenters. The molecule has 19 heavy (non-hydrogen) atoms. The first-order valence-corrected chi connectivity index (χ1v) is 6.50. The summed E-state index contributed by atoms with van der Waals surface area (Å²) in [6.07, 6.45) is 5.70. The van der Waals surface area contributed by atoms with Gasteiger partial charge >= 0.3 is 0 Å². The number of hydrazine groups is 1. The van der Waals surface area contributed by atoms with Crippen LogP contribution in [0.15, 0.2) is 48.4 Å². The smallest absolute Gasteiger partial charge is 0.0876 e. The van der Waals surface area contributed by atoms with Gasteiger partial charge in [-0.25, -0.2) is 5.43 Å². The molecule has 1 aromatic heterocycles. The number of nitrogens with two attached hydrogens (primary N) is 1. The van der Waals surface area contributed by atoms with E-state index in [9.17, 15) is 0 Å². The number of ether oxygens (including phenoxy) is 1. The van der Waals surface area contributed by atoms with E-state index >= 15 is 0 Å². The lowest BCUT2D eigenvalue weighted by atomic mass is 9.93. The van der Waals surface area contributed by atoms with Gasteiger partial charge in [0.25, 0.3) is 0 Å². The molecule has 0 spiro atoms. The van der Waals surface area contributed by atoms with Crippen molar-refractivity contribution < 1.29 is 4.74 Å². The predicted molar refractivity (Wildman–Crippen MR) is 75.1 cm³/mol. The van der Waals surface area contributed by atoms with Crippen LogP contribution in [-0.2, 0) is 4.74 Å². The van der Waals surface area contributed by atoms with Gasteiger partial charge in [-0.15, -0.1) is 0 Å². The molecule has 0 fully saturated rings. The van der Waals surface area contributed by atoms with E-state index in [0.717, 1.165) is 35.9 Å². The summed E-state index contributed by atoms with van der Waals surface area (Å²) in [6.45, 7) is 0.790. The van der Waals surface area contributed by atoms with Crippen LogP contribution in [0.3, 0.4) is 0 Å². The second kappa shape index (κ2) is 5.38. The third-order valence-electron chi connectivity index (χ3n) is 3.49. The molecule has 0 amide bonds. The van der Waals surface area contributed by atoms with Gasteiger partial charge in [-0.1, -0.05) is 18.2 Å². The molecule has 1 aliphatic heterocycles. The zero-order valence-electron chi connectivity index (χ0n) is 10.7. The van der Waals surface area contributed by atoms with Crippen LogP contribution in [0.25, 0.3) is 10.9 Å². The molecule has 2 heterocycles. The quantitative estimate of drug-likeness (QED) is 0.653. The third-order valence-corrected chi connectivity index (χ3v) is 3.49. The Labute approximate surface area is 112 Å². The summed E-state index contributed by atoms with van der Waals surface area (Å²) in [6, 6.07) is 10.1. The van der Waals surface area contributed by atoms with Crippen LogP contribution in [0.4, 0.5) is 0 Å². The summed E-state index contributed by atoms with van der Waals surface area (Å²) in [5, 5.41) is 1.12. The van der Waals surface area contributed by atoms with Crippen molar-refractivity contribution >= 4 is 10.9 Å². The van der Waals surface area contributed by atoms with E-state index in [4.69, 9.17) is 10.6 Å². The van der Waals surface area contributed by atoms with E-state index < -0.39 is 0 Å². The lowest BCUT2D eigenvalue weighted by Gasteiger charge is -2.23. The zero-order valence-corrected chi connectivity index (χ0v) is 10.7. The average molecular weight is 255 g/mol. The SMILES string of the molecule is NNC(C1=COCCC1)c1ccnc2ccccc12. The number of para-hydroxylation sites is 1. The maximum absolute atomic E-state index is 5.76. The Balaban J connectivity index is 2.08. The highest BCUT2D eigenvalue weighted by atomic mass is 16.5. The van der Waals surface area contributed by atoms with E-state index in [-0.39, 0.29) is 6.04 Å². The monoisotopic (exact) mass is 255 g/mol. The van der Waals surface area contributed by atoms with E-state index in [2.05, 4.69) is 16.5 Å². The molecule has 0 saturated carbocycles. The van der Waals surface area contributed by atoms with Gasteiger partial charge in [0.2, 0.25) is 0 Å². The summed E-state index contributed by atoms with van der Waals surface area (Å²) in [4.78, 5) is 4.38. The third kappa shape index (κ3) is 2.32. The predicted octanol–water partition coefficient (Wildman–Crippen LogP) is 2.43. The molecular formula is C15H17N3O. The Hall–Kier alpha value is -1.91. The number of benzene rings is 1. The molecular weight excluding hydrogens is 238 g/mol. The molecule has 4 heteroatoms. The lowest BCUT2D eigenvalue weighted by molar-refractivity contribution is 0.219. The molecule has 3 rings (SSSR count). The van der Waals surface area contributed by atoms with Gasteiger partial charge in [0.05, 0.1) is 24.4 Å². The van der Waals surface area contributed by atoms with E-state index in [1.54, 1.807) is 0 Å². The maximum atomic E-state index is 5.76. The van der Waals surface area contributed by atoms with Crippen LogP contribution in [0, 0.1) is 0 Å². The first kappa shape index (κ1) is 12.1. The molecule has 2 aromatic rings. The fourth-order valence-electron chi connectivity index (χ4n) is 2.56. The molecule has 0 aliphatic carbocycles. The Morgan fingerprint density at radius 1 is 1.26 bits per heavy atom. The van der Waals surface area contributed by atoms with Crippen molar-refractivity contribution in [2.24, 2.45) is 5.84 Å². The number of hydrogen-bond acceptors (Lipinski definition) is 4. The Kier molecular flexibility index (Phi) is 3.44. The van der Waals surface area contributed by atoms with Crippen LogP contribution in [0.5, 0.6) is 0 Å². The Morgan fingerprint density at radius 2 is 2.16 bits per heavy atom. The van der Waals surface area contributed by atoms with Gasteiger partial charge in [-0.3, -0.25) is 10.8 Å². The molecule has 1 unspecified atom stereocenters. The Morgan fingerprint density at radius 3 is 2.95 bits per heavy atom. The van der Waals surface area contributed by atoms with Crippen LogP contribution in [-0.4, -0.2) is 11.6 Å². The van der Waals surface area contributed by atoms with E-state index in [1.807, 2.05) is 36.7 Å². The minimum absolute atomic E-state index is 0.0202. The highest BCUT2D eigenvalue weighted by Crippen LogP contribution is 2.30. The second-order valence-electron chi connectivity index (χ2n) is 4.68. The highest BCUT2D eigenvalue weighted by Gasteiger charge is 2.19. The first-order valence-electron chi connectivity index (χ1n) is 6.50.